The first kappa shape index (κ1) is 13.7. The maximum atomic E-state index is 5.69. The molecular weight excluding hydrogens is 218 g/mol. The lowest BCUT2D eigenvalue weighted by Crippen LogP contribution is -2.40. The first-order valence-electron chi connectivity index (χ1n) is 5.66. The van der Waals surface area contributed by atoms with Gasteiger partial charge in [0.1, 0.15) is 0 Å². The van der Waals surface area contributed by atoms with E-state index in [4.69, 9.17) is 4.74 Å². The van der Waals surface area contributed by atoms with Gasteiger partial charge < -0.3 is 10.1 Å². The highest BCUT2D eigenvalue weighted by Gasteiger charge is 2.33. The molecule has 1 heterocycles. The fraction of sp³-hybridized carbons (Fsp3) is 0.692. The average Bonchev–Trinajstić information content (AvgIpc) is 2.58. The number of rotatable bonds is 4. The first-order valence-corrected chi connectivity index (χ1v) is 6.53. The third-order valence-electron chi connectivity index (χ3n) is 2.96. The zero-order valence-corrected chi connectivity index (χ0v) is 11.9. The van der Waals surface area contributed by atoms with Crippen molar-refractivity contribution in [1.82, 2.24) is 5.32 Å². The minimum atomic E-state index is 0.122. The van der Waals surface area contributed by atoms with Crippen molar-refractivity contribution in [2.75, 3.05) is 14.2 Å². The van der Waals surface area contributed by atoms with Crippen LogP contribution in [-0.2, 0) is 4.74 Å². The van der Waals surface area contributed by atoms with Gasteiger partial charge in [-0.3, -0.25) is 0 Å². The van der Waals surface area contributed by atoms with Crippen molar-refractivity contribution in [3.63, 3.8) is 0 Å². The highest BCUT2D eigenvalue weighted by molar-refractivity contribution is 7.10. The Morgan fingerprint density at radius 2 is 2.00 bits per heavy atom. The number of methoxy groups -OCH3 is 1. The maximum absolute atomic E-state index is 5.69. The summed E-state index contributed by atoms with van der Waals surface area (Å²) in [7, 11) is 3.79. The van der Waals surface area contributed by atoms with Crippen molar-refractivity contribution < 1.29 is 4.74 Å². The molecule has 0 saturated heterocycles. The molecule has 2 nitrogen and oxygen atoms in total. The number of aryl methyl sites for hydroxylation is 1. The predicted octanol–water partition coefficient (Wildman–Crippen LogP) is 3.38. The van der Waals surface area contributed by atoms with Crippen LogP contribution in [-0.4, -0.2) is 20.3 Å². The lowest BCUT2D eigenvalue weighted by Gasteiger charge is -2.36. The number of ether oxygens (including phenoxy) is 1. The molecule has 0 saturated carbocycles. The van der Waals surface area contributed by atoms with E-state index in [1.54, 1.807) is 18.4 Å². The van der Waals surface area contributed by atoms with E-state index in [0.717, 1.165) is 0 Å². The minimum absolute atomic E-state index is 0.122. The highest BCUT2D eigenvalue weighted by atomic mass is 32.1. The number of likely N-dealkylation sites (N-methyl/N-ethyl adjacent to an activating group) is 1. The molecule has 0 aliphatic rings. The van der Waals surface area contributed by atoms with Crippen LogP contribution in [0.5, 0.6) is 0 Å². The van der Waals surface area contributed by atoms with Gasteiger partial charge in [-0.2, -0.15) is 0 Å². The van der Waals surface area contributed by atoms with Crippen LogP contribution in [0.4, 0.5) is 0 Å². The smallest absolute Gasteiger partial charge is 0.0814 e. The molecule has 0 fully saturated rings. The fourth-order valence-corrected chi connectivity index (χ4v) is 2.93. The van der Waals surface area contributed by atoms with E-state index >= 15 is 0 Å². The summed E-state index contributed by atoms with van der Waals surface area (Å²) in [6.45, 7) is 8.81. The van der Waals surface area contributed by atoms with Gasteiger partial charge in [0.05, 0.1) is 12.1 Å². The molecule has 0 spiro atoms. The predicted molar refractivity (Wildman–Crippen MR) is 71.1 cm³/mol. The topological polar surface area (TPSA) is 21.3 Å². The lowest BCUT2D eigenvalue weighted by atomic mass is 9.82. The summed E-state index contributed by atoms with van der Waals surface area (Å²) in [5.74, 6) is 0. The number of hydrogen-bond donors (Lipinski definition) is 1. The van der Waals surface area contributed by atoms with Crippen LogP contribution in [0.3, 0.4) is 0 Å². The Balaban J connectivity index is 3.02. The van der Waals surface area contributed by atoms with Crippen LogP contribution in [0.2, 0.25) is 0 Å². The monoisotopic (exact) mass is 241 g/mol. The van der Waals surface area contributed by atoms with Gasteiger partial charge in [-0.1, -0.05) is 20.8 Å². The van der Waals surface area contributed by atoms with Crippen LogP contribution in [0.1, 0.15) is 37.3 Å². The third kappa shape index (κ3) is 2.84. The molecule has 16 heavy (non-hydrogen) atoms. The lowest BCUT2D eigenvalue weighted by molar-refractivity contribution is -0.0102. The summed E-state index contributed by atoms with van der Waals surface area (Å²) < 4.78 is 5.69. The van der Waals surface area contributed by atoms with Gasteiger partial charge in [0.25, 0.3) is 0 Å². The van der Waals surface area contributed by atoms with Crippen molar-refractivity contribution >= 4 is 11.3 Å². The fourth-order valence-electron chi connectivity index (χ4n) is 2.18. The molecule has 92 valence electrons. The number of nitrogens with one attached hydrogen (secondary N) is 1. The Morgan fingerprint density at radius 3 is 2.31 bits per heavy atom. The molecular formula is C13H23NOS. The van der Waals surface area contributed by atoms with Crippen LogP contribution in [0.25, 0.3) is 0 Å². The zero-order chi connectivity index (χ0) is 12.3. The normalized spacial score (nSPS) is 16.1. The van der Waals surface area contributed by atoms with E-state index < -0.39 is 0 Å². The van der Waals surface area contributed by atoms with Gasteiger partial charge in [0.2, 0.25) is 0 Å². The summed E-state index contributed by atoms with van der Waals surface area (Å²) >= 11 is 1.79. The van der Waals surface area contributed by atoms with Gasteiger partial charge in [0.15, 0.2) is 0 Å². The molecule has 1 rings (SSSR count). The standard InChI is InChI=1S/C13H23NOS/c1-9-10(7-8-16-9)11(14-5)12(15-6)13(2,3)4/h7-8,11-12,14H,1-6H3. The number of thiophene rings is 1. The van der Waals surface area contributed by atoms with Crippen molar-refractivity contribution in [3.05, 3.63) is 21.9 Å². The molecule has 1 aromatic heterocycles. The Morgan fingerprint density at radius 1 is 1.38 bits per heavy atom. The molecule has 0 aliphatic heterocycles. The molecule has 1 N–H and O–H groups in total. The molecule has 2 unspecified atom stereocenters. The molecule has 0 aliphatic carbocycles. The largest absolute Gasteiger partial charge is 0.379 e. The summed E-state index contributed by atoms with van der Waals surface area (Å²) in [5.41, 5.74) is 1.48. The minimum Gasteiger partial charge on any atom is -0.379 e. The van der Waals surface area contributed by atoms with E-state index in [2.05, 4.69) is 44.5 Å². The molecule has 0 bridgehead atoms. The van der Waals surface area contributed by atoms with Crippen LogP contribution in [0.15, 0.2) is 11.4 Å². The summed E-state index contributed by atoms with van der Waals surface area (Å²) in [6.07, 6.45) is 0.172. The van der Waals surface area contributed by atoms with Gasteiger partial charge in [-0.15, -0.1) is 11.3 Å². The molecule has 0 aromatic carbocycles. The zero-order valence-electron chi connectivity index (χ0n) is 11.1. The quantitative estimate of drug-likeness (QED) is 0.872. The van der Waals surface area contributed by atoms with Crippen molar-refractivity contribution in [2.24, 2.45) is 5.41 Å². The Labute approximate surface area is 103 Å². The Kier molecular flexibility index (Phi) is 4.53. The van der Waals surface area contributed by atoms with E-state index in [1.165, 1.54) is 10.4 Å². The van der Waals surface area contributed by atoms with Crippen molar-refractivity contribution in [3.8, 4) is 0 Å². The van der Waals surface area contributed by atoms with Gasteiger partial charge >= 0.3 is 0 Å². The molecule has 3 heteroatoms. The average molecular weight is 241 g/mol. The van der Waals surface area contributed by atoms with Crippen LogP contribution < -0.4 is 5.32 Å². The van der Waals surface area contributed by atoms with E-state index in [1.807, 2.05) is 7.05 Å². The summed E-state index contributed by atoms with van der Waals surface area (Å²) in [5, 5.41) is 5.53. The SMILES string of the molecule is CNC(c1ccsc1C)C(OC)C(C)(C)C. The second-order valence-electron chi connectivity index (χ2n) is 5.22. The summed E-state index contributed by atoms with van der Waals surface area (Å²) in [4.78, 5) is 1.37. The Hall–Kier alpha value is -0.380. The third-order valence-corrected chi connectivity index (χ3v) is 3.82. The van der Waals surface area contributed by atoms with E-state index in [0.29, 0.717) is 0 Å². The van der Waals surface area contributed by atoms with Crippen LogP contribution >= 0.6 is 11.3 Å². The second-order valence-corrected chi connectivity index (χ2v) is 6.34. The number of hydrogen-bond acceptors (Lipinski definition) is 3. The van der Waals surface area contributed by atoms with Crippen molar-refractivity contribution in [1.29, 1.82) is 0 Å². The first-order chi connectivity index (χ1) is 7.41. The van der Waals surface area contributed by atoms with Gasteiger partial charge in [-0.25, -0.2) is 0 Å². The van der Waals surface area contributed by atoms with Gasteiger partial charge in [0, 0.05) is 12.0 Å². The molecule has 0 radical (unpaired) electrons. The molecule has 1 aromatic rings. The summed E-state index contributed by atoms with van der Waals surface area (Å²) in [6, 6.07) is 2.45. The van der Waals surface area contributed by atoms with Crippen molar-refractivity contribution in [2.45, 2.75) is 39.8 Å². The second kappa shape index (κ2) is 5.30. The highest BCUT2D eigenvalue weighted by Crippen LogP contribution is 2.34. The maximum Gasteiger partial charge on any atom is 0.0814 e. The molecule has 0 amide bonds. The Bertz CT molecular complexity index is 327. The molecule has 2 atom stereocenters. The van der Waals surface area contributed by atoms with Crippen LogP contribution in [0, 0.1) is 12.3 Å². The van der Waals surface area contributed by atoms with E-state index in [9.17, 15) is 0 Å². The van der Waals surface area contributed by atoms with Gasteiger partial charge in [-0.05, 0) is 36.4 Å². The van der Waals surface area contributed by atoms with E-state index in [-0.39, 0.29) is 17.6 Å².